The summed E-state index contributed by atoms with van der Waals surface area (Å²) in [6.45, 7) is 0. The van der Waals surface area contributed by atoms with Crippen molar-refractivity contribution >= 4 is 24.2 Å². The summed E-state index contributed by atoms with van der Waals surface area (Å²) < 4.78 is 0. The highest BCUT2D eigenvalue weighted by Crippen LogP contribution is 2.17. The van der Waals surface area contributed by atoms with Gasteiger partial charge in [-0.05, 0) is 47.4 Å². The van der Waals surface area contributed by atoms with Crippen LogP contribution in [0.5, 0.6) is 0 Å². The molecule has 2 aromatic heterocycles. The first kappa shape index (κ1) is 21.4. The molecule has 0 amide bonds. The summed E-state index contributed by atoms with van der Waals surface area (Å²) in [6.07, 6.45) is -0.441. The molecule has 0 fully saturated rings. The molecule has 3 rings (SSSR count). The van der Waals surface area contributed by atoms with Crippen LogP contribution in [-0.2, 0) is 6.42 Å². The molecule has 0 aliphatic heterocycles. The Morgan fingerprint density at radius 2 is 1.90 bits per heavy atom. The zero-order valence-corrected chi connectivity index (χ0v) is 16.6. The monoisotopic (exact) mass is 410 g/mol. The van der Waals surface area contributed by atoms with Gasteiger partial charge in [0.15, 0.2) is 5.78 Å². The highest BCUT2D eigenvalue weighted by atomic mass is 32.1. The van der Waals surface area contributed by atoms with Crippen molar-refractivity contribution in [3.63, 3.8) is 0 Å². The molecule has 0 aliphatic carbocycles. The predicted molar refractivity (Wildman–Crippen MR) is 114 cm³/mol. The van der Waals surface area contributed by atoms with Gasteiger partial charge in [-0.25, -0.2) is 4.98 Å². The van der Waals surface area contributed by atoms with Gasteiger partial charge in [0, 0.05) is 17.9 Å². The number of aromatic nitrogens is 1. The van der Waals surface area contributed by atoms with E-state index in [1.807, 2.05) is 53.2 Å². The van der Waals surface area contributed by atoms with Gasteiger partial charge < -0.3 is 15.2 Å². The number of benzene rings is 1. The summed E-state index contributed by atoms with van der Waals surface area (Å²) in [5, 5.41) is 36.0. The molecule has 6 nitrogen and oxygen atoms in total. The molecule has 2 heterocycles. The predicted octanol–water partition coefficient (Wildman–Crippen LogP) is 2.30. The molecule has 150 valence electrons. The molecule has 0 saturated heterocycles. The Labute approximate surface area is 174 Å². The van der Waals surface area contributed by atoms with Crippen molar-refractivity contribution in [3.05, 3.63) is 76.6 Å². The van der Waals surface area contributed by atoms with Gasteiger partial charge in [0.05, 0.1) is 5.69 Å². The van der Waals surface area contributed by atoms with Crippen LogP contribution in [0.3, 0.4) is 0 Å². The average molecular weight is 410 g/mol. The summed E-state index contributed by atoms with van der Waals surface area (Å²) >= 11 is 1.52. The highest BCUT2D eigenvalue weighted by Gasteiger charge is 2.26. The number of pyridine rings is 1. The van der Waals surface area contributed by atoms with Crippen LogP contribution in [0.4, 0.5) is 0 Å². The normalized spacial score (nSPS) is 13.1. The lowest BCUT2D eigenvalue weighted by Gasteiger charge is -2.21. The van der Waals surface area contributed by atoms with E-state index in [2.05, 4.69) is 10.3 Å². The Morgan fingerprint density at radius 1 is 1.10 bits per heavy atom. The number of hydrogen-bond donors (Lipinski definition) is 4. The number of aliphatic hydroxyl groups excluding tert-OH is 1. The summed E-state index contributed by atoms with van der Waals surface area (Å²) in [4.78, 5) is 16.9. The van der Waals surface area contributed by atoms with E-state index in [1.165, 1.54) is 11.3 Å². The topological polar surface area (TPSA) is 103 Å². The third kappa shape index (κ3) is 6.32. The van der Waals surface area contributed by atoms with Crippen molar-refractivity contribution in [1.82, 2.24) is 10.3 Å². The van der Waals surface area contributed by atoms with Gasteiger partial charge >= 0.3 is 7.12 Å². The molecule has 2 unspecified atom stereocenters. The maximum atomic E-state index is 12.5. The first-order chi connectivity index (χ1) is 14.0. The van der Waals surface area contributed by atoms with Gasteiger partial charge in [0.2, 0.25) is 0 Å². The van der Waals surface area contributed by atoms with E-state index in [0.29, 0.717) is 17.8 Å². The van der Waals surface area contributed by atoms with Crippen LogP contribution in [0.25, 0.3) is 11.3 Å². The SMILES string of the molecule is O=C(CCC(O)NC(Cc1ccsc1)B(O)O)c1cccc(-c2ccccc2)n1. The average Bonchev–Trinajstić information content (AvgIpc) is 3.25. The Bertz CT molecular complexity index is 906. The second-order valence-electron chi connectivity index (χ2n) is 6.77. The maximum absolute atomic E-state index is 12.5. The lowest BCUT2D eigenvalue weighted by atomic mass is 9.76. The minimum Gasteiger partial charge on any atom is -0.426 e. The van der Waals surface area contributed by atoms with Crippen molar-refractivity contribution < 1.29 is 19.9 Å². The van der Waals surface area contributed by atoms with E-state index >= 15 is 0 Å². The number of thiophene rings is 1. The van der Waals surface area contributed by atoms with Gasteiger partial charge in [-0.15, -0.1) is 0 Å². The molecule has 8 heteroatoms. The summed E-state index contributed by atoms with van der Waals surface area (Å²) in [5.74, 6) is -0.906. The van der Waals surface area contributed by atoms with Crippen molar-refractivity contribution in [3.8, 4) is 11.3 Å². The lowest BCUT2D eigenvalue weighted by molar-refractivity contribution is 0.0881. The van der Waals surface area contributed by atoms with Crippen LogP contribution < -0.4 is 5.32 Å². The fraction of sp³-hybridized carbons (Fsp3) is 0.238. The summed E-state index contributed by atoms with van der Waals surface area (Å²) in [7, 11) is -1.62. The third-order valence-corrected chi connectivity index (χ3v) is 5.28. The highest BCUT2D eigenvalue weighted by molar-refractivity contribution is 7.07. The van der Waals surface area contributed by atoms with E-state index in [4.69, 9.17) is 0 Å². The van der Waals surface area contributed by atoms with E-state index < -0.39 is 19.3 Å². The largest absolute Gasteiger partial charge is 0.470 e. The van der Waals surface area contributed by atoms with Gasteiger partial charge in [-0.2, -0.15) is 11.3 Å². The molecular formula is C21H23BN2O4S. The number of nitrogens with one attached hydrogen (secondary N) is 1. The molecule has 4 N–H and O–H groups in total. The number of nitrogens with zero attached hydrogens (tertiary/aromatic N) is 1. The fourth-order valence-corrected chi connectivity index (χ4v) is 3.68. The van der Waals surface area contributed by atoms with Crippen LogP contribution in [0.1, 0.15) is 28.9 Å². The molecule has 0 spiro atoms. The molecule has 0 bridgehead atoms. The second-order valence-corrected chi connectivity index (χ2v) is 7.55. The zero-order chi connectivity index (χ0) is 20.6. The van der Waals surface area contributed by atoms with Crippen LogP contribution >= 0.6 is 11.3 Å². The number of aliphatic hydroxyl groups is 1. The maximum Gasteiger partial charge on any atom is 0.470 e. The molecular weight excluding hydrogens is 387 g/mol. The van der Waals surface area contributed by atoms with Gasteiger partial charge in [-0.1, -0.05) is 36.4 Å². The molecule has 0 aliphatic rings. The van der Waals surface area contributed by atoms with Crippen molar-refractivity contribution in [2.24, 2.45) is 0 Å². The molecule has 0 saturated carbocycles. The minimum atomic E-state index is -1.62. The van der Waals surface area contributed by atoms with Crippen LogP contribution in [-0.4, -0.2) is 45.2 Å². The number of hydrogen-bond acceptors (Lipinski definition) is 7. The lowest BCUT2D eigenvalue weighted by Crippen LogP contribution is -2.49. The Balaban J connectivity index is 1.55. The van der Waals surface area contributed by atoms with Gasteiger partial charge in [0.1, 0.15) is 11.9 Å². The summed E-state index contributed by atoms with van der Waals surface area (Å²) in [6, 6.07) is 16.8. The summed E-state index contributed by atoms with van der Waals surface area (Å²) in [5.41, 5.74) is 2.94. The fourth-order valence-electron chi connectivity index (χ4n) is 3.00. The van der Waals surface area contributed by atoms with E-state index in [0.717, 1.165) is 11.1 Å². The Hall–Kier alpha value is -2.36. The Kier molecular flexibility index (Phi) is 7.68. The second kappa shape index (κ2) is 10.4. The van der Waals surface area contributed by atoms with Crippen LogP contribution in [0, 0.1) is 0 Å². The smallest absolute Gasteiger partial charge is 0.426 e. The quantitative estimate of drug-likeness (QED) is 0.232. The molecule has 29 heavy (non-hydrogen) atoms. The standard InChI is InChI=1S/C21H23BN2O4S/c25-19(18-8-4-7-17(23-18)16-5-2-1-3-6-16)9-10-21(26)24-20(22(27)28)13-15-11-12-29-14-15/h1-8,11-12,14,20-21,24,26-28H,9-10,13H2. The number of carbonyl (C=O) groups excluding carboxylic acids is 1. The third-order valence-electron chi connectivity index (χ3n) is 4.55. The van der Waals surface area contributed by atoms with E-state index in [1.54, 1.807) is 12.1 Å². The molecule has 1 aromatic carbocycles. The number of ketones is 1. The van der Waals surface area contributed by atoms with E-state index in [9.17, 15) is 19.9 Å². The van der Waals surface area contributed by atoms with Gasteiger partial charge in [0.25, 0.3) is 0 Å². The van der Waals surface area contributed by atoms with Crippen LogP contribution in [0.2, 0.25) is 0 Å². The van der Waals surface area contributed by atoms with Crippen LogP contribution in [0.15, 0.2) is 65.4 Å². The Morgan fingerprint density at radius 3 is 2.59 bits per heavy atom. The van der Waals surface area contributed by atoms with Gasteiger partial charge in [-0.3, -0.25) is 10.1 Å². The van der Waals surface area contributed by atoms with Crippen molar-refractivity contribution in [2.75, 3.05) is 0 Å². The zero-order valence-electron chi connectivity index (χ0n) is 15.8. The molecule has 0 radical (unpaired) electrons. The number of Topliss-reactive ketones (excluding diaryl/α,β-unsaturated/α-hetero) is 1. The van der Waals surface area contributed by atoms with E-state index in [-0.39, 0.29) is 18.6 Å². The number of rotatable bonds is 10. The first-order valence-corrected chi connectivity index (χ1v) is 10.3. The molecule has 2 atom stereocenters. The van der Waals surface area contributed by atoms with Crippen molar-refractivity contribution in [2.45, 2.75) is 31.4 Å². The molecule has 3 aromatic rings. The first-order valence-electron chi connectivity index (χ1n) is 9.40. The number of carbonyl (C=O) groups is 1. The van der Waals surface area contributed by atoms with Crippen molar-refractivity contribution in [1.29, 1.82) is 0 Å². The minimum absolute atomic E-state index is 0.0894.